The number of hydrogen-bond donors (Lipinski definition) is 1. The molecule has 0 aromatic rings. The molecule has 2 saturated heterocycles. The first-order valence-electron chi connectivity index (χ1n) is 7.98. The van der Waals surface area contributed by atoms with Gasteiger partial charge in [-0.25, -0.2) is 0 Å². The van der Waals surface area contributed by atoms with Crippen LogP contribution in [-0.4, -0.2) is 37.5 Å². The standard InChI is InChI=1S/C16H31NO2/c1-5-9-17-12-16(8-10-18-13(16)2)11-14-6-7-15(3,4)19-14/h13-14,17H,5-12H2,1-4H3. The average Bonchev–Trinajstić information content (AvgIpc) is 2.85. The van der Waals surface area contributed by atoms with Gasteiger partial charge in [-0.15, -0.1) is 0 Å². The third kappa shape index (κ3) is 3.71. The second-order valence-corrected chi connectivity index (χ2v) is 7.04. The second-order valence-electron chi connectivity index (χ2n) is 7.04. The molecule has 0 saturated carbocycles. The Balaban J connectivity index is 1.94. The van der Waals surface area contributed by atoms with Crippen molar-refractivity contribution in [3.8, 4) is 0 Å². The monoisotopic (exact) mass is 269 g/mol. The third-order valence-corrected chi connectivity index (χ3v) is 4.92. The molecule has 3 nitrogen and oxygen atoms in total. The SMILES string of the molecule is CCCNCC1(CC2CCC(C)(C)O2)CCOC1C. The highest BCUT2D eigenvalue weighted by Crippen LogP contribution is 2.43. The maximum Gasteiger partial charge on any atom is 0.0631 e. The van der Waals surface area contributed by atoms with Crippen LogP contribution in [0.2, 0.25) is 0 Å². The van der Waals surface area contributed by atoms with Gasteiger partial charge in [0, 0.05) is 18.6 Å². The van der Waals surface area contributed by atoms with Crippen molar-refractivity contribution in [3.05, 3.63) is 0 Å². The van der Waals surface area contributed by atoms with Gasteiger partial charge in [0.1, 0.15) is 0 Å². The molecule has 3 heteroatoms. The topological polar surface area (TPSA) is 30.5 Å². The lowest BCUT2D eigenvalue weighted by Crippen LogP contribution is -2.42. The molecule has 2 fully saturated rings. The summed E-state index contributed by atoms with van der Waals surface area (Å²) in [6.07, 6.45) is 6.67. The first-order valence-corrected chi connectivity index (χ1v) is 7.98. The van der Waals surface area contributed by atoms with Crippen molar-refractivity contribution in [2.75, 3.05) is 19.7 Å². The van der Waals surface area contributed by atoms with Crippen molar-refractivity contribution in [1.82, 2.24) is 5.32 Å². The fraction of sp³-hybridized carbons (Fsp3) is 1.00. The second kappa shape index (κ2) is 6.11. The van der Waals surface area contributed by atoms with Crippen molar-refractivity contribution in [3.63, 3.8) is 0 Å². The van der Waals surface area contributed by atoms with Crippen LogP contribution in [0.4, 0.5) is 0 Å². The summed E-state index contributed by atoms with van der Waals surface area (Å²) >= 11 is 0. The molecule has 0 bridgehead atoms. The summed E-state index contributed by atoms with van der Waals surface area (Å²) in [6.45, 7) is 12.0. The zero-order valence-electron chi connectivity index (χ0n) is 13.1. The van der Waals surface area contributed by atoms with E-state index in [4.69, 9.17) is 9.47 Å². The van der Waals surface area contributed by atoms with Gasteiger partial charge in [0.05, 0.1) is 17.8 Å². The molecule has 2 aliphatic heterocycles. The van der Waals surface area contributed by atoms with Crippen LogP contribution >= 0.6 is 0 Å². The van der Waals surface area contributed by atoms with Gasteiger partial charge in [-0.3, -0.25) is 0 Å². The molecule has 112 valence electrons. The Morgan fingerprint density at radius 2 is 2.05 bits per heavy atom. The number of ether oxygens (including phenoxy) is 2. The van der Waals surface area contributed by atoms with Gasteiger partial charge in [-0.2, -0.15) is 0 Å². The number of rotatable bonds is 6. The average molecular weight is 269 g/mol. The van der Waals surface area contributed by atoms with Crippen LogP contribution in [0.15, 0.2) is 0 Å². The molecule has 0 radical (unpaired) electrons. The Morgan fingerprint density at radius 1 is 1.26 bits per heavy atom. The summed E-state index contributed by atoms with van der Waals surface area (Å²) in [5, 5.41) is 3.61. The van der Waals surface area contributed by atoms with Crippen LogP contribution in [0.5, 0.6) is 0 Å². The van der Waals surface area contributed by atoms with Crippen molar-refractivity contribution >= 4 is 0 Å². The van der Waals surface area contributed by atoms with E-state index in [-0.39, 0.29) is 11.0 Å². The van der Waals surface area contributed by atoms with E-state index in [0.29, 0.717) is 12.2 Å². The van der Waals surface area contributed by atoms with E-state index in [0.717, 1.165) is 26.1 Å². The molecule has 3 unspecified atom stereocenters. The Kier molecular flexibility index (Phi) is 4.91. The largest absolute Gasteiger partial charge is 0.378 e. The molecule has 0 aromatic carbocycles. The van der Waals surface area contributed by atoms with Crippen LogP contribution in [0, 0.1) is 5.41 Å². The normalized spacial score (nSPS) is 37.9. The van der Waals surface area contributed by atoms with E-state index in [2.05, 4.69) is 33.0 Å². The van der Waals surface area contributed by atoms with E-state index in [1.165, 1.54) is 25.7 Å². The molecular weight excluding hydrogens is 238 g/mol. The molecule has 1 N–H and O–H groups in total. The molecule has 2 aliphatic rings. The summed E-state index contributed by atoms with van der Waals surface area (Å²) in [6, 6.07) is 0. The molecule has 0 aromatic heterocycles. The maximum atomic E-state index is 6.21. The minimum Gasteiger partial charge on any atom is -0.378 e. The predicted molar refractivity (Wildman–Crippen MR) is 78.4 cm³/mol. The van der Waals surface area contributed by atoms with Crippen molar-refractivity contribution in [2.24, 2.45) is 5.41 Å². The quantitative estimate of drug-likeness (QED) is 0.752. The van der Waals surface area contributed by atoms with Gasteiger partial charge in [-0.1, -0.05) is 6.92 Å². The fourth-order valence-electron chi connectivity index (χ4n) is 3.58. The molecule has 2 heterocycles. The lowest BCUT2D eigenvalue weighted by Gasteiger charge is -2.35. The molecule has 0 spiro atoms. The molecule has 19 heavy (non-hydrogen) atoms. The van der Waals surface area contributed by atoms with Crippen molar-refractivity contribution in [2.45, 2.75) is 77.6 Å². The van der Waals surface area contributed by atoms with Gasteiger partial charge in [0.2, 0.25) is 0 Å². The van der Waals surface area contributed by atoms with Gasteiger partial charge in [0.25, 0.3) is 0 Å². The number of nitrogens with one attached hydrogen (secondary N) is 1. The van der Waals surface area contributed by atoms with Gasteiger partial charge in [0.15, 0.2) is 0 Å². The van der Waals surface area contributed by atoms with Gasteiger partial charge < -0.3 is 14.8 Å². The van der Waals surface area contributed by atoms with Crippen LogP contribution in [-0.2, 0) is 9.47 Å². The smallest absolute Gasteiger partial charge is 0.0631 e. The number of hydrogen-bond acceptors (Lipinski definition) is 3. The maximum absolute atomic E-state index is 6.21. The van der Waals surface area contributed by atoms with Crippen molar-refractivity contribution < 1.29 is 9.47 Å². The van der Waals surface area contributed by atoms with Crippen molar-refractivity contribution in [1.29, 1.82) is 0 Å². The Bertz CT molecular complexity index is 292. The Labute approximate surface area is 118 Å². The Hall–Kier alpha value is -0.120. The Morgan fingerprint density at radius 3 is 2.58 bits per heavy atom. The lowest BCUT2D eigenvalue weighted by atomic mass is 9.76. The third-order valence-electron chi connectivity index (χ3n) is 4.92. The fourth-order valence-corrected chi connectivity index (χ4v) is 3.58. The predicted octanol–water partition coefficient (Wildman–Crippen LogP) is 3.13. The summed E-state index contributed by atoms with van der Waals surface area (Å²) in [5.41, 5.74) is 0.353. The molecule has 0 amide bonds. The van der Waals surface area contributed by atoms with Crippen LogP contribution in [0.1, 0.15) is 59.8 Å². The van der Waals surface area contributed by atoms with Crippen LogP contribution in [0.3, 0.4) is 0 Å². The molecule has 3 atom stereocenters. The zero-order chi connectivity index (χ0) is 13.9. The minimum atomic E-state index is 0.0748. The highest BCUT2D eigenvalue weighted by Gasteiger charge is 2.45. The van der Waals surface area contributed by atoms with E-state index in [1.807, 2.05) is 0 Å². The zero-order valence-corrected chi connectivity index (χ0v) is 13.1. The first kappa shape index (κ1) is 15.3. The molecule has 0 aliphatic carbocycles. The lowest BCUT2D eigenvalue weighted by molar-refractivity contribution is -0.0463. The molecular formula is C16H31NO2. The summed E-state index contributed by atoms with van der Waals surface area (Å²) in [4.78, 5) is 0. The highest BCUT2D eigenvalue weighted by molar-refractivity contribution is 4.95. The summed E-state index contributed by atoms with van der Waals surface area (Å²) < 4.78 is 12.1. The van der Waals surface area contributed by atoms with Crippen LogP contribution < -0.4 is 5.32 Å². The van der Waals surface area contributed by atoms with Gasteiger partial charge >= 0.3 is 0 Å². The van der Waals surface area contributed by atoms with E-state index in [9.17, 15) is 0 Å². The highest BCUT2D eigenvalue weighted by atomic mass is 16.5. The van der Waals surface area contributed by atoms with Crippen LogP contribution in [0.25, 0.3) is 0 Å². The summed E-state index contributed by atoms with van der Waals surface area (Å²) in [7, 11) is 0. The molecule has 2 rings (SSSR count). The van der Waals surface area contributed by atoms with E-state index in [1.54, 1.807) is 0 Å². The summed E-state index contributed by atoms with van der Waals surface area (Å²) in [5.74, 6) is 0. The van der Waals surface area contributed by atoms with E-state index < -0.39 is 0 Å². The van der Waals surface area contributed by atoms with Gasteiger partial charge in [-0.05, 0) is 59.4 Å². The minimum absolute atomic E-state index is 0.0748. The first-order chi connectivity index (χ1) is 8.97. The van der Waals surface area contributed by atoms with E-state index >= 15 is 0 Å².